The Morgan fingerprint density at radius 3 is 2.29 bits per heavy atom. The summed E-state index contributed by atoms with van der Waals surface area (Å²) < 4.78 is 27.7. The van der Waals surface area contributed by atoms with Crippen LogP contribution in [0.1, 0.15) is 12.5 Å². The molecule has 1 fully saturated rings. The molecule has 0 unspecified atom stereocenters. The van der Waals surface area contributed by atoms with E-state index in [2.05, 4.69) is 5.32 Å². The molecule has 9 heteroatoms. The molecule has 1 N–H and O–H groups in total. The van der Waals surface area contributed by atoms with Crippen LogP contribution in [0.5, 0.6) is 0 Å². The molecular formula is C25H24ClN3O4S. The molecule has 0 aliphatic carbocycles. The first-order valence-electron chi connectivity index (χ1n) is 10.7. The van der Waals surface area contributed by atoms with Gasteiger partial charge in [-0.1, -0.05) is 66.2 Å². The zero-order valence-corrected chi connectivity index (χ0v) is 20.1. The van der Waals surface area contributed by atoms with Crippen molar-refractivity contribution in [3.05, 3.63) is 95.5 Å². The third kappa shape index (κ3) is 4.70. The minimum atomic E-state index is -4.00. The van der Waals surface area contributed by atoms with E-state index in [0.29, 0.717) is 10.7 Å². The fourth-order valence-corrected chi connectivity index (χ4v) is 5.75. The van der Waals surface area contributed by atoms with Crippen molar-refractivity contribution in [3.8, 4) is 0 Å². The highest BCUT2D eigenvalue weighted by atomic mass is 35.5. The average Bonchev–Trinajstić information content (AvgIpc) is 2.83. The van der Waals surface area contributed by atoms with Crippen molar-refractivity contribution in [2.24, 2.45) is 0 Å². The van der Waals surface area contributed by atoms with Crippen LogP contribution in [0.4, 0.5) is 5.69 Å². The molecule has 7 nitrogen and oxygen atoms in total. The Kier molecular flexibility index (Phi) is 6.74. The molecule has 176 valence electrons. The zero-order valence-electron chi connectivity index (χ0n) is 18.5. The van der Waals surface area contributed by atoms with Gasteiger partial charge in [0, 0.05) is 23.8 Å². The minimum absolute atomic E-state index is 0.0612. The van der Waals surface area contributed by atoms with Gasteiger partial charge >= 0.3 is 0 Å². The molecule has 0 spiro atoms. The van der Waals surface area contributed by atoms with E-state index >= 15 is 0 Å². The van der Waals surface area contributed by atoms with Crippen molar-refractivity contribution in [1.29, 1.82) is 0 Å². The summed E-state index contributed by atoms with van der Waals surface area (Å²) in [6.45, 7) is 1.19. The smallest absolute Gasteiger partial charge is 0.247 e. The number of piperazine rings is 1. The van der Waals surface area contributed by atoms with Crippen molar-refractivity contribution in [3.63, 3.8) is 0 Å². The first-order chi connectivity index (χ1) is 16.2. The van der Waals surface area contributed by atoms with Gasteiger partial charge in [0.15, 0.2) is 0 Å². The molecule has 34 heavy (non-hydrogen) atoms. The van der Waals surface area contributed by atoms with Crippen LogP contribution in [0.15, 0.2) is 89.8 Å². The molecule has 1 aliphatic rings. The maximum atomic E-state index is 13.6. The van der Waals surface area contributed by atoms with Gasteiger partial charge in [-0.3, -0.25) is 14.5 Å². The monoisotopic (exact) mass is 497 g/mol. The van der Waals surface area contributed by atoms with E-state index in [9.17, 15) is 18.0 Å². The first kappa shape index (κ1) is 23.9. The number of hydrogen-bond acceptors (Lipinski definition) is 4. The number of halogens is 1. The van der Waals surface area contributed by atoms with E-state index in [1.54, 1.807) is 49.4 Å². The molecule has 1 atom stereocenters. The number of benzene rings is 3. The second-order valence-corrected chi connectivity index (χ2v) is 10.6. The predicted molar refractivity (Wildman–Crippen MR) is 131 cm³/mol. The lowest BCUT2D eigenvalue weighted by molar-refractivity contribution is -0.133. The molecule has 1 heterocycles. The number of sulfonamides is 1. The lowest BCUT2D eigenvalue weighted by Crippen LogP contribution is -2.70. The maximum Gasteiger partial charge on any atom is 0.247 e. The van der Waals surface area contributed by atoms with E-state index < -0.39 is 33.9 Å². The predicted octanol–water partition coefficient (Wildman–Crippen LogP) is 3.45. The van der Waals surface area contributed by atoms with E-state index in [4.69, 9.17) is 11.6 Å². The number of rotatable bonds is 6. The summed E-state index contributed by atoms with van der Waals surface area (Å²) >= 11 is 6.16. The highest BCUT2D eigenvalue weighted by molar-refractivity contribution is 7.89. The molecule has 3 aromatic rings. The summed E-state index contributed by atoms with van der Waals surface area (Å²) in [5, 5.41) is 3.27. The summed E-state index contributed by atoms with van der Waals surface area (Å²) in [5.41, 5.74) is -0.215. The quantitative estimate of drug-likeness (QED) is 0.565. The lowest BCUT2D eigenvalue weighted by Gasteiger charge is -2.46. The van der Waals surface area contributed by atoms with Gasteiger partial charge in [0.1, 0.15) is 5.54 Å². The number of hydrogen-bond donors (Lipinski definition) is 1. The fraction of sp³-hybridized carbons (Fsp3) is 0.200. The van der Waals surface area contributed by atoms with Crippen LogP contribution in [0.3, 0.4) is 0 Å². The summed E-state index contributed by atoms with van der Waals surface area (Å²) in [6, 6.07) is 23.8. The fourth-order valence-electron chi connectivity index (χ4n) is 4.06. The number of carbonyl (C=O) groups excluding carboxylic acids is 2. The number of anilines is 1. The molecule has 1 saturated heterocycles. The molecular weight excluding hydrogens is 474 g/mol. The number of amides is 2. The molecule has 0 saturated carbocycles. The zero-order chi connectivity index (χ0) is 24.3. The topological polar surface area (TPSA) is 86.8 Å². The highest BCUT2D eigenvalue weighted by Crippen LogP contribution is 2.33. The highest BCUT2D eigenvalue weighted by Gasteiger charge is 2.51. The Labute approximate surface area is 204 Å². The molecule has 4 rings (SSSR count). The number of nitrogens with one attached hydrogen (secondary N) is 1. The van der Waals surface area contributed by atoms with E-state index in [1.165, 1.54) is 17.0 Å². The van der Waals surface area contributed by atoms with Gasteiger partial charge in [0.2, 0.25) is 21.8 Å². The van der Waals surface area contributed by atoms with E-state index in [-0.39, 0.29) is 18.0 Å². The summed E-state index contributed by atoms with van der Waals surface area (Å²) in [7, 11) is -4.00. The van der Waals surface area contributed by atoms with Gasteiger partial charge in [-0.25, -0.2) is 8.42 Å². The maximum absolute atomic E-state index is 13.6. The summed E-state index contributed by atoms with van der Waals surface area (Å²) in [6.07, 6.45) is 0. The van der Waals surface area contributed by atoms with Crippen molar-refractivity contribution in [2.75, 3.05) is 18.0 Å². The molecule has 3 aromatic carbocycles. The van der Waals surface area contributed by atoms with E-state index in [1.807, 2.05) is 30.3 Å². The van der Waals surface area contributed by atoms with Crippen LogP contribution >= 0.6 is 11.6 Å². The lowest BCUT2D eigenvalue weighted by atomic mass is 9.94. The molecule has 0 bridgehead atoms. The molecule has 2 amide bonds. The second-order valence-electron chi connectivity index (χ2n) is 8.24. The molecule has 0 aromatic heterocycles. The minimum Gasteiger partial charge on any atom is -0.350 e. The molecule has 1 aliphatic heterocycles. The van der Waals surface area contributed by atoms with E-state index in [0.717, 1.165) is 9.87 Å². The van der Waals surface area contributed by atoms with Gasteiger partial charge in [-0.2, -0.15) is 4.31 Å². The van der Waals surface area contributed by atoms with Crippen molar-refractivity contribution >= 4 is 39.1 Å². The summed E-state index contributed by atoms with van der Waals surface area (Å²) in [4.78, 5) is 28.3. The third-order valence-corrected chi connectivity index (χ3v) is 7.81. The SMILES string of the molecule is C[C@]1(C(=O)NCc2ccccc2)CN(S(=O)(=O)c2ccccc2)CC(=O)N1c1cccc(Cl)c1. The largest absolute Gasteiger partial charge is 0.350 e. The van der Waals surface area contributed by atoms with Crippen LogP contribution in [0.2, 0.25) is 5.02 Å². The van der Waals surface area contributed by atoms with Crippen LogP contribution in [-0.2, 0) is 26.2 Å². The van der Waals surface area contributed by atoms with Crippen LogP contribution in [0.25, 0.3) is 0 Å². The van der Waals surface area contributed by atoms with Crippen molar-refractivity contribution in [2.45, 2.75) is 23.9 Å². The summed E-state index contributed by atoms with van der Waals surface area (Å²) in [5.74, 6) is -0.997. The number of carbonyl (C=O) groups is 2. The van der Waals surface area contributed by atoms with Crippen molar-refractivity contribution in [1.82, 2.24) is 9.62 Å². The Morgan fingerprint density at radius 1 is 1.00 bits per heavy atom. The second kappa shape index (κ2) is 9.58. The third-order valence-electron chi connectivity index (χ3n) is 5.77. The number of nitrogens with zero attached hydrogens (tertiary/aromatic N) is 2. The average molecular weight is 498 g/mol. The normalized spacial score (nSPS) is 19.1. The van der Waals surface area contributed by atoms with Gasteiger partial charge in [-0.15, -0.1) is 0 Å². The van der Waals surface area contributed by atoms with Gasteiger partial charge in [0.25, 0.3) is 0 Å². The van der Waals surface area contributed by atoms with Crippen LogP contribution in [0, 0.1) is 0 Å². The Morgan fingerprint density at radius 2 is 1.65 bits per heavy atom. The van der Waals surface area contributed by atoms with Gasteiger partial charge in [0.05, 0.1) is 11.4 Å². The standard InChI is InChI=1S/C25H24ClN3O4S/c1-25(24(31)27-16-19-9-4-2-5-10-19)18-28(34(32,33)22-13-6-3-7-14-22)17-23(30)29(25)21-12-8-11-20(26)15-21/h2-15H,16-18H2,1H3,(H,27,31)/t25-/m1/s1. The molecule has 0 radical (unpaired) electrons. The Bertz CT molecular complexity index is 1300. The Hall–Kier alpha value is -3.20. The van der Waals surface area contributed by atoms with Crippen LogP contribution < -0.4 is 10.2 Å². The Balaban J connectivity index is 1.71. The van der Waals surface area contributed by atoms with Crippen LogP contribution in [-0.4, -0.2) is 43.2 Å². The van der Waals surface area contributed by atoms with Gasteiger partial charge < -0.3 is 5.32 Å². The van der Waals surface area contributed by atoms with Crippen molar-refractivity contribution < 1.29 is 18.0 Å². The first-order valence-corrected chi connectivity index (χ1v) is 12.5. The van der Waals surface area contributed by atoms with Gasteiger partial charge in [-0.05, 0) is 42.8 Å².